The van der Waals surface area contributed by atoms with E-state index in [-0.39, 0.29) is 0 Å². The van der Waals surface area contributed by atoms with Gasteiger partial charge in [0, 0.05) is 17.1 Å². The van der Waals surface area contributed by atoms with Gasteiger partial charge in [-0.15, -0.1) is 0 Å². The van der Waals surface area contributed by atoms with Gasteiger partial charge in [0.2, 0.25) is 0 Å². The van der Waals surface area contributed by atoms with Crippen LogP contribution in [0.15, 0.2) is 24.4 Å². The molecule has 0 atom stereocenters. The predicted octanol–water partition coefficient (Wildman–Crippen LogP) is 4.37. The van der Waals surface area contributed by atoms with Crippen LogP contribution in [0.25, 0.3) is 10.9 Å². The molecular weight excluding hydrogens is 260 g/mol. The molecule has 0 bridgehead atoms. The monoisotopic (exact) mass is 288 g/mol. The number of phenolic OH excluding ortho intramolecular Hbond substituents is 1. The minimum Gasteiger partial charge on any atom is -0.508 e. The maximum absolute atomic E-state index is 9.57. The zero-order valence-electron chi connectivity index (χ0n) is 13.1. The van der Waals surface area contributed by atoms with Crippen molar-refractivity contribution >= 4 is 10.9 Å². The smallest absolute Gasteiger partial charge is 0.116 e. The van der Waals surface area contributed by atoms with Crippen LogP contribution in [0.4, 0.5) is 0 Å². The lowest BCUT2D eigenvalue weighted by Gasteiger charge is -2.04. The number of unbranched alkanes of at least 4 members (excludes halogenated alkanes) is 5. The van der Waals surface area contributed by atoms with Gasteiger partial charge in [-0.1, -0.05) is 39.0 Å². The molecular formula is C18H28N2O. The van der Waals surface area contributed by atoms with Gasteiger partial charge < -0.3 is 15.4 Å². The van der Waals surface area contributed by atoms with E-state index in [2.05, 4.69) is 23.4 Å². The highest BCUT2D eigenvalue weighted by atomic mass is 16.3. The molecule has 3 N–H and O–H groups in total. The molecule has 0 saturated heterocycles. The van der Waals surface area contributed by atoms with E-state index in [0.29, 0.717) is 5.75 Å². The third-order valence-corrected chi connectivity index (χ3v) is 4.03. The molecule has 0 aliphatic heterocycles. The molecule has 0 aliphatic rings. The number of hydrogen-bond acceptors (Lipinski definition) is 2. The molecule has 0 spiro atoms. The maximum atomic E-state index is 9.57. The average molecular weight is 288 g/mol. The zero-order valence-corrected chi connectivity index (χ0v) is 13.1. The van der Waals surface area contributed by atoms with Gasteiger partial charge in [0.15, 0.2) is 0 Å². The fourth-order valence-corrected chi connectivity index (χ4v) is 2.75. The standard InChI is InChI=1S/C18H28N2O/c1-2-3-4-5-6-7-11-19-12-10-15-14-20-18-9-8-16(21)13-17(15)18/h8-9,13-14,19-21H,2-7,10-12H2,1H3. The number of aromatic amines is 1. The predicted molar refractivity (Wildman–Crippen MR) is 89.9 cm³/mol. The summed E-state index contributed by atoms with van der Waals surface area (Å²) in [6.45, 7) is 4.36. The van der Waals surface area contributed by atoms with E-state index in [9.17, 15) is 5.11 Å². The Hall–Kier alpha value is -1.48. The van der Waals surface area contributed by atoms with Crippen LogP contribution >= 0.6 is 0 Å². The molecule has 3 nitrogen and oxygen atoms in total. The molecule has 1 heterocycles. The first-order valence-corrected chi connectivity index (χ1v) is 8.31. The number of aromatic hydroxyl groups is 1. The Labute approximate surface area is 127 Å². The summed E-state index contributed by atoms with van der Waals surface area (Å²) in [7, 11) is 0. The molecule has 0 fully saturated rings. The highest BCUT2D eigenvalue weighted by molar-refractivity contribution is 5.84. The average Bonchev–Trinajstić information content (AvgIpc) is 2.88. The van der Waals surface area contributed by atoms with Crippen molar-refractivity contribution in [2.75, 3.05) is 13.1 Å². The number of benzene rings is 1. The van der Waals surface area contributed by atoms with Crippen molar-refractivity contribution in [2.45, 2.75) is 51.9 Å². The minimum absolute atomic E-state index is 0.336. The van der Waals surface area contributed by atoms with Crippen LogP contribution < -0.4 is 5.32 Å². The Balaban J connectivity index is 1.63. The van der Waals surface area contributed by atoms with Crippen molar-refractivity contribution in [2.24, 2.45) is 0 Å². The van der Waals surface area contributed by atoms with Gasteiger partial charge in [-0.05, 0) is 49.7 Å². The number of aromatic nitrogens is 1. The molecule has 0 unspecified atom stereocenters. The second-order valence-electron chi connectivity index (χ2n) is 5.81. The lowest BCUT2D eigenvalue weighted by atomic mass is 10.1. The van der Waals surface area contributed by atoms with Crippen molar-refractivity contribution in [3.05, 3.63) is 30.0 Å². The highest BCUT2D eigenvalue weighted by Gasteiger charge is 2.04. The Morgan fingerprint density at radius 2 is 1.86 bits per heavy atom. The summed E-state index contributed by atoms with van der Waals surface area (Å²) in [5, 5.41) is 14.2. The van der Waals surface area contributed by atoms with E-state index in [1.54, 1.807) is 6.07 Å². The van der Waals surface area contributed by atoms with Crippen LogP contribution in [-0.4, -0.2) is 23.2 Å². The molecule has 116 valence electrons. The largest absolute Gasteiger partial charge is 0.508 e. The summed E-state index contributed by atoms with van der Waals surface area (Å²) in [5.74, 6) is 0.336. The second-order valence-corrected chi connectivity index (χ2v) is 5.81. The molecule has 21 heavy (non-hydrogen) atoms. The third-order valence-electron chi connectivity index (χ3n) is 4.03. The summed E-state index contributed by atoms with van der Waals surface area (Å²) in [6.07, 6.45) is 11.1. The molecule has 0 amide bonds. The SMILES string of the molecule is CCCCCCCCNCCc1c[nH]c2ccc(O)cc12. The molecule has 1 aromatic carbocycles. The van der Waals surface area contributed by atoms with Crippen molar-refractivity contribution < 1.29 is 5.11 Å². The van der Waals surface area contributed by atoms with E-state index >= 15 is 0 Å². The molecule has 0 radical (unpaired) electrons. The molecule has 2 rings (SSSR count). The van der Waals surface area contributed by atoms with E-state index in [1.807, 2.05) is 12.1 Å². The van der Waals surface area contributed by atoms with Gasteiger partial charge >= 0.3 is 0 Å². The van der Waals surface area contributed by atoms with Gasteiger partial charge in [-0.3, -0.25) is 0 Å². The first kappa shape index (κ1) is 15.9. The second kappa shape index (κ2) is 8.73. The maximum Gasteiger partial charge on any atom is 0.116 e. The first-order valence-electron chi connectivity index (χ1n) is 8.31. The van der Waals surface area contributed by atoms with E-state index < -0.39 is 0 Å². The summed E-state index contributed by atoms with van der Waals surface area (Å²) in [4.78, 5) is 3.26. The molecule has 0 aliphatic carbocycles. The topological polar surface area (TPSA) is 48.0 Å². The van der Waals surface area contributed by atoms with E-state index in [4.69, 9.17) is 0 Å². The molecule has 1 aromatic heterocycles. The van der Waals surface area contributed by atoms with E-state index in [1.165, 1.54) is 44.1 Å². The van der Waals surface area contributed by atoms with Crippen molar-refractivity contribution in [3.8, 4) is 5.75 Å². The Kier molecular flexibility index (Phi) is 6.61. The Bertz CT molecular complexity index is 533. The highest BCUT2D eigenvalue weighted by Crippen LogP contribution is 2.22. The number of H-pyrrole nitrogens is 1. The summed E-state index contributed by atoms with van der Waals surface area (Å²) in [5.41, 5.74) is 2.37. The van der Waals surface area contributed by atoms with Gasteiger partial charge in [0.1, 0.15) is 5.75 Å². The normalized spacial score (nSPS) is 11.3. The van der Waals surface area contributed by atoms with E-state index in [0.717, 1.165) is 30.4 Å². The lowest BCUT2D eigenvalue weighted by Crippen LogP contribution is -2.18. The molecule has 0 saturated carbocycles. The number of hydrogen-bond donors (Lipinski definition) is 3. The third kappa shape index (κ3) is 5.09. The fourth-order valence-electron chi connectivity index (χ4n) is 2.75. The molecule has 3 heteroatoms. The van der Waals surface area contributed by atoms with Crippen molar-refractivity contribution in [1.82, 2.24) is 10.3 Å². The summed E-state index contributed by atoms with van der Waals surface area (Å²) >= 11 is 0. The van der Waals surface area contributed by atoms with Crippen LogP contribution in [0.1, 0.15) is 51.0 Å². The van der Waals surface area contributed by atoms with Crippen LogP contribution in [0, 0.1) is 0 Å². The van der Waals surface area contributed by atoms with Gasteiger partial charge in [-0.25, -0.2) is 0 Å². The Morgan fingerprint density at radius 1 is 1.05 bits per heavy atom. The van der Waals surface area contributed by atoms with Crippen molar-refractivity contribution in [1.29, 1.82) is 0 Å². The number of fused-ring (bicyclic) bond motifs is 1. The van der Waals surface area contributed by atoms with Gasteiger partial charge in [-0.2, -0.15) is 0 Å². The van der Waals surface area contributed by atoms with Gasteiger partial charge in [0.05, 0.1) is 0 Å². The minimum atomic E-state index is 0.336. The van der Waals surface area contributed by atoms with Crippen LogP contribution in [-0.2, 0) is 6.42 Å². The number of rotatable bonds is 10. The lowest BCUT2D eigenvalue weighted by molar-refractivity contribution is 0.476. The molecule has 2 aromatic rings. The quantitative estimate of drug-likeness (QED) is 0.569. The first-order chi connectivity index (χ1) is 10.3. The fraction of sp³-hybridized carbons (Fsp3) is 0.556. The number of phenols is 1. The summed E-state index contributed by atoms with van der Waals surface area (Å²) < 4.78 is 0. The van der Waals surface area contributed by atoms with Crippen LogP contribution in [0.5, 0.6) is 5.75 Å². The Morgan fingerprint density at radius 3 is 2.71 bits per heavy atom. The summed E-state index contributed by atoms with van der Waals surface area (Å²) in [6, 6.07) is 5.49. The number of nitrogens with one attached hydrogen (secondary N) is 2. The van der Waals surface area contributed by atoms with Crippen LogP contribution in [0.3, 0.4) is 0 Å². The van der Waals surface area contributed by atoms with Crippen LogP contribution in [0.2, 0.25) is 0 Å². The van der Waals surface area contributed by atoms with Crippen molar-refractivity contribution in [3.63, 3.8) is 0 Å². The zero-order chi connectivity index (χ0) is 14.9. The van der Waals surface area contributed by atoms with Gasteiger partial charge in [0.25, 0.3) is 0 Å².